The van der Waals surface area contributed by atoms with Gasteiger partial charge in [-0.2, -0.15) is 0 Å². The number of ether oxygens (including phenoxy) is 1. The molecule has 0 spiro atoms. The number of hydrogen-bond donors (Lipinski definition) is 1. The molecule has 1 aromatic heterocycles. The molecule has 2 N–H and O–H groups in total. The van der Waals surface area contributed by atoms with Gasteiger partial charge in [-0.15, -0.1) is 11.3 Å². The van der Waals surface area contributed by atoms with Crippen LogP contribution in [0.5, 0.6) is 5.75 Å². The van der Waals surface area contributed by atoms with E-state index in [1.165, 1.54) is 34.6 Å². The van der Waals surface area contributed by atoms with Gasteiger partial charge >= 0.3 is 0 Å². The number of benzene rings is 1. The van der Waals surface area contributed by atoms with Crippen LogP contribution < -0.4 is 10.5 Å². The van der Waals surface area contributed by atoms with Crippen LogP contribution in [0, 0.1) is 0 Å². The Bertz CT molecular complexity index is 581. The van der Waals surface area contributed by atoms with Crippen molar-refractivity contribution in [3.8, 4) is 5.75 Å². The largest absolute Gasteiger partial charge is 0.491 e. The predicted octanol–water partition coefficient (Wildman–Crippen LogP) is 4.07. The Balaban J connectivity index is 1.91. The van der Waals surface area contributed by atoms with Crippen molar-refractivity contribution >= 4 is 11.3 Å². The molecule has 106 valence electrons. The smallest absolute Gasteiger partial charge is 0.124 e. The van der Waals surface area contributed by atoms with E-state index < -0.39 is 0 Å². The highest BCUT2D eigenvalue weighted by atomic mass is 32.1. The van der Waals surface area contributed by atoms with Crippen LogP contribution in [0.15, 0.2) is 30.3 Å². The second-order valence-corrected chi connectivity index (χ2v) is 6.80. The molecule has 2 nitrogen and oxygen atoms in total. The van der Waals surface area contributed by atoms with Crippen molar-refractivity contribution < 1.29 is 4.74 Å². The number of nitrogens with two attached hydrogens (primary N) is 1. The van der Waals surface area contributed by atoms with Gasteiger partial charge < -0.3 is 10.5 Å². The Hall–Kier alpha value is -1.32. The fourth-order valence-electron chi connectivity index (χ4n) is 2.76. The maximum absolute atomic E-state index is 6.48. The summed E-state index contributed by atoms with van der Waals surface area (Å²) in [6, 6.07) is 10.3. The standard InChI is InChI=1S/C17H21NOS/c1-11(2)19-14-8-4-3-7-13(14)17(18)16-10-12-6-5-9-15(12)20-16/h3-4,7-8,10-11,17H,5-6,9,18H2,1-2H3. The molecule has 1 aromatic carbocycles. The minimum Gasteiger partial charge on any atom is -0.491 e. The first-order valence-corrected chi connectivity index (χ1v) is 8.09. The lowest BCUT2D eigenvalue weighted by atomic mass is 10.0. The molecular weight excluding hydrogens is 266 g/mol. The van der Waals surface area contributed by atoms with E-state index >= 15 is 0 Å². The number of aryl methyl sites for hydroxylation is 2. The molecule has 0 amide bonds. The van der Waals surface area contributed by atoms with Crippen LogP contribution in [0.2, 0.25) is 0 Å². The highest BCUT2D eigenvalue weighted by Crippen LogP contribution is 2.37. The lowest BCUT2D eigenvalue weighted by Gasteiger charge is -2.18. The number of rotatable bonds is 4. The first-order valence-electron chi connectivity index (χ1n) is 7.28. The number of fused-ring (bicyclic) bond motifs is 1. The molecule has 20 heavy (non-hydrogen) atoms. The third-order valence-corrected chi connectivity index (χ3v) is 5.01. The van der Waals surface area contributed by atoms with Crippen LogP contribution in [0.3, 0.4) is 0 Å². The fraction of sp³-hybridized carbons (Fsp3) is 0.412. The van der Waals surface area contributed by atoms with E-state index in [9.17, 15) is 0 Å². The Morgan fingerprint density at radius 2 is 2.00 bits per heavy atom. The third-order valence-electron chi connectivity index (χ3n) is 3.69. The van der Waals surface area contributed by atoms with Crippen LogP contribution in [0.4, 0.5) is 0 Å². The van der Waals surface area contributed by atoms with Crippen LogP contribution in [0.25, 0.3) is 0 Å². The second kappa shape index (κ2) is 5.58. The minimum atomic E-state index is -0.0828. The molecule has 0 saturated heterocycles. The Morgan fingerprint density at radius 3 is 2.75 bits per heavy atom. The molecule has 3 rings (SSSR count). The summed E-state index contributed by atoms with van der Waals surface area (Å²) in [6.45, 7) is 4.09. The summed E-state index contributed by atoms with van der Waals surface area (Å²) in [7, 11) is 0. The van der Waals surface area contributed by atoms with Crippen molar-refractivity contribution in [3.63, 3.8) is 0 Å². The summed E-state index contributed by atoms with van der Waals surface area (Å²) < 4.78 is 5.89. The van der Waals surface area contributed by atoms with Crippen LogP contribution in [-0.4, -0.2) is 6.10 Å². The van der Waals surface area contributed by atoms with Gasteiger partial charge in [-0.3, -0.25) is 0 Å². The predicted molar refractivity (Wildman–Crippen MR) is 84.6 cm³/mol. The van der Waals surface area contributed by atoms with Crippen molar-refractivity contribution in [1.82, 2.24) is 0 Å². The normalized spacial score (nSPS) is 15.4. The van der Waals surface area contributed by atoms with Crippen molar-refractivity contribution in [2.24, 2.45) is 5.73 Å². The molecule has 0 radical (unpaired) electrons. The van der Waals surface area contributed by atoms with Crippen molar-refractivity contribution in [3.05, 3.63) is 51.2 Å². The molecule has 1 aliphatic carbocycles. The van der Waals surface area contributed by atoms with Gasteiger partial charge in [0.25, 0.3) is 0 Å². The van der Waals surface area contributed by atoms with E-state index in [2.05, 4.69) is 12.1 Å². The lowest BCUT2D eigenvalue weighted by Crippen LogP contribution is -2.14. The quantitative estimate of drug-likeness (QED) is 0.920. The minimum absolute atomic E-state index is 0.0828. The average molecular weight is 287 g/mol. The topological polar surface area (TPSA) is 35.2 Å². The Kier molecular flexibility index (Phi) is 3.81. The first kappa shape index (κ1) is 13.7. The zero-order valence-corrected chi connectivity index (χ0v) is 12.9. The Morgan fingerprint density at radius 1 is 1.20 bits per heavy atom. The average Bonchev–Trinajstić information content (AvgIpc) is 2.98. The molecule has 0 aliphatic heterocycles. The highest BCUT2D eigenvalue weighted by Gasteiger charge is 2.21. The molecule has 1 aliphatic rings. The van der Waals surface area contributed by atoms with Gasteiger partial charge in [-0.1, -0.05) is 18.2 Å². The highest BCUT2D eigenvalue weighted by molar-refractivity contribution is 7.12. The number of thiophene rings is 1. The fourth-order valence-corrected chi connectivity index (χ4v) is 4.04. The molecule has 0 saturated carbocycles. The number of hydrogen-bond acceptors (Lipinski definition) is 3. The first-order chi connectivity index (χ1) is 9.65. The summed E-state index contributed by atoms with van der Waals surface area (Å²) in [5, 5.41) is 0. The summed E-state index contributed by atoms with van der Waals surface area (Å²) in [4.78, 5) is 2.78. The lowest BCUT2D eigenvalue weighted by molar-refractivity contribution is 0.239. The van der Waals surface area contributed by atoms with Crippen molar-refractivity contribution in [2.45, 2.75) is 45.3 Å². The molecule has 1 heterocycles. The molecule has 2 aromatic rings. The van der Waals surface area contributed by atoms with Gasteiger partial charge in [-0.05, 0) is 50.8 Å². The summed E-state index contributed by atoms with van der Waals surface area (Å²) in [6.07, 6.45) is 3.89. The second-order valence-electron chi connectivity index (χ2n) is 5.63. The maximum atomic E-state index is 6.48. The van der Waals surface area contributed by atoms with E-state index in [4.69, 9.17) is 10.5 Å². The molecule has 1 atom stereocenters. The molecule has 0 fully saturated rings. The van der Waals surface area contributed by atoms with E-state index in [1.54, 1.807) is 0 Å². The summed E-state index contributed by atoms with van der Waals surface area (Å²) in [5.74, 6) is 0.906. The zero-order chi connectivity index (χ0) is 14.1. The third kappa shape index (κ3) is 2.60. The van der Waals surface area contributed by atoms with Gasteiger partial charge in [0.05, 0.1) is 12.1 Å². The van der Waals surface area contributed by atoms with E-state index in [0.717, 1.165) is 11.3 Å². The Labute approximate surface area is 124 Å². The molecule has 0 bridgehead atoms. The van der Waals surface area contributed by atoms with E-state index in [1.807, 2.05) is 43.4 Å². The SMILES string of the molecule is CC(C)Oc1ccccc1C(N)c1cc2c(s1)CCC2. The van der Waals surface area contributed by atoms with Gasteiger partial charge in [0.15, 0.2) is 0 Å². The molecule has 1 unspecified atom stereocenters. The molecular formula is C17H21NOS. The van der Waals surface area contributed by atoms with Crippen LogP contribution >= 0.6 is 11.3 Å². The van der Waals surface area contributed by atoms with Crippen LogP contribution in [0.1, 0.15) is 47.2 Å². The van der Waals surface area contributed by atoms with Gasteiger partial charge in [0.1, 0.15) is 5.75 Å². The zero-order valence-electron chi connectivity index (χ0n) is 12.1. The van der Waals surface area contributed by atoms with Gasteiger partial charge in [-0.25, -0.2) is 0 Å². The summed E-state index contributed by atoms with van der Waals surface area (Å²) >= 11 is 1.87. The van der Waals surface area contributed by atoms with E-state index in [0.29, 0.717) is 0 Å². The number of para-hydroxylation sites is 1. The molecule has 3 heteroatoms. The summed E-state index contributed by atoms with van der Waals surface area (Å²) in [5.41, 5.74) is 9.07. The van der Waals surface area contributed by atoms with Crippen LogP contribution in [-0.2, 0) is 12.8 Å². The van der Waals surface area contributed by atoms with E-state index in [-0.39, 0.29) is 12.1 Å². The monoisotopic (exact) mass is 287 g/mol. The maximum Gasteiger partial charge on any atom is 0.124 e. The van der Waals surface area contributed by atoms with Gasteiger partial charge in [0.2, 0.25) is 0 Å². The van der Waals surface area contributed by atoms with Gasteiger partial charge in [0, 0.05) is 15.3 Å². The van der Waals surface area contributed by atoms with Crippen molar-refractivity contribution in [2.75, 3.05) is 0 Å². The van der Waals surface area contributed by atoms with Crippen molar-refractivity contribution in [1.29, 1.82) is 0 Å².